The Balaban J connectivity index is 1.58. The highest BCUT2D eigenvalue weighted by Crippen LogP contribution is 2.29. The van der Waals surface area contributed by atoms with Crippen molar-refractivity contribution in [2.75, 3.05) is 5.32 Å². The molecule has 2 amide bonds. The maximum Gasteiger partial charge on any atom is 0.240 e. The van der Waals surface area contributed by atoms with E-state index in [1.54, 1.807) is 24.3 Å². The number of thioether (sulfide) groups is 1. The molecule has 0 radical (unpaired) electrons. The van der Waals surface area contributed by atoms with E-state index in [1.807, 2.05) is 0 Å². The van der Waals surface area contributed by atoms with E-state index in [4.69, 9.17) is 0 Å². The van der Waals surface area contributed by atoms with Gasteiger partial charge in [-0.2, -0.15) is 0 Å². The van der Waals surface area contributed by atoms with Crippen molar-refractivity contribution in [3.63, 3.8) is 0 Å². The van der Waals surface area contributed by atoms with Gasteiger partial charge in [0, 0.05) is 17.7 Å². The van der Waals surface area contributed by atoms with Gasteiger partial charge < -0.3 is 10.6 Å². The number of nitrogens with one attached hydrogen (secondary N) is 2. The lowest BCUT2D eigenvalue weighted by Gasteiger charge is -2.08. The molecule has 7 heteroatoms. The molecule has 1 aromatic rings. The molecule has 1 heterocycles. The molecule has 1 saturated carbocycles. The molecule has 0 spiro atoms. The van der Waals surface area contributed by atoms with Gasteiger partial charge >= 0.3 is 0 Å². The highest BCUT2D eigenvalue weighted by atomic mass is 32.2. The van der Waals surface area contributed by atoms with Gasteiger partial charge in [-0.25, -0.2) is 0 Å². The number of hydrogen-bond donors (Lipinski definition) is 2. The number of nitrogens with zero attached hydrogens (tertiary/aromatic N) is 1. The molecule has 2 N–H and O–H groups in total. The van der Waals surface area contributed by atoms with Gasteiger partial charge in [0.15, 0.2) is 11.0 Å². The fourth-order valence-electron chi connectivity index (χ4n) is 2.17. The zero-order valence-electron chi connectivity index (χ0n) is 12.7. The van der Waals surface area contributed by atoms with Crippen molar-refractivity contribution in [2.45, 2.75) is 37.5 Å². The Bertz CT molecular complexity index is 698. The first-order chi connectivity index (χ1) is 11.0. The average Bonchev–Trinajstić information content (AvgIpc) is 3.24. The molecular weight excluding hydrogens is 314 g/mol. The van der Waals surface area contributed by atoms with Gasteiger partial charge in [0.2, 0.25) is 11.8 Å². The number of hydrogen-bond acceptors (Lipinski definition) is 5. The highest BCUT2D eigenvalue weighted by molar-refractivity contribution is 8.15. The SMILES string of the molecule is CC(=O)c1cccc(NC(=O)CC2SC(=NC3CC3)NC2=O)c1. The summed E-state index contributed by atoms with van der Waals surface area (Å²) >= 11 is 1.31. The Kier molecular flexibility index (Phi) is 4.47. The summed E-state index contributed by atoms with van der Waals surface area (Å²) in [6.07, 6.45) is 2.21. The van der Waals surface area contributed by atoms with Gasteiger partial charge in [0.05, 0.1) is 6.04 Å². The maximum atomic E-state index is 12.1. The van der Waals surface area contributed by atoms with E-state index >= 15 is 0 Å². The minimum atomic E-state index is -0.455. The van der Waals surface area contributed by atoms with Crippen molar-refractivity contribution in [3.05, 3.63) is 29.8 Å². The second-order valence-electron chi connectivity index (χ2n) is 5.65. The molecule has 1 atom stereocenters. The van der Waals surface area contributed by atoms with E-state index in [9.17, 15) is 14.4 Å². The Morgan fingerprint density at radius 1 is 1.39 bits per heavy atom. The molecule has 1 saturated heterocycles. The van der Waals surface area contributed by atoms with Gasteiger partial charge in [-0.15, -0.1) is 0 Å². The van der Waals surface area contributed by atoms with Crippen LogP contribution in [0.25, 0.3) is 0 Å². The zero-order chi connectivity index (χ0) is 16.4. The van der Waals surface area contributed by atoms with Gasteiger partial charge in [0.25, 0.3) is 0 Å². The molecule has 1 aliphatic carbocycles. The van der Waals surface area contributed by atoms with Crippen LogP contribution < -0.4 is 10.6 Å². The Morgan fingerprint density at radius 2 is 2.17 bits per heavy atom. The lowest BCUT2D eigenvalue weighted by Crippen LogP contribution is -2.28. The molecule has 1 aliphatic heterocycles. The van der Waals surface area contributed by atoms with Crippen molar-refractivity contribution in [3.8, 4) is 0 Å². The number of benzene rings is 1. The van der Waals surface area contributed by atoms with Gasteiger partial charge in [0.1, 0.15) is 5.25 Å². The van der Waals surface area contributed by atoms with Gasteiger partial charge in [-0.3, -0.25) is 19.4 Å². The van der Waals surface area contributed by atoms with Crippen molar-refractivity contribution in [2.24, 2.45) is 4.99 Å². The van der Waals surface area contributed by atoms with Crippen molar-refractivity contribution >= 4 is 40.2 Å². The summed E-state index contributed by atoms with van der Waals surface area (Å²) < 4.78 is 0. The quantitative estimate of drug-likeness (QED) is 0.808. The molecular formula is C16H17N3O3S. The molecule has 2 fully saturated rings. The van der Waals surface area contributed by atoms with Gasteiger partial charge in [-0.05, 0) is 31.9 Å². The van der Waals surface area contributed by atoms with Crippen molar-refractivity contribution in [1.82, 2.24) is 5.32 Å². The van der Waals surface area contributed by atoms with Crippen LogP contribution in [-0.4, -0.2) is 34.1 Å². The first-order valence-corrected chi connectivity index (χ1v) is 8.35. The molecule has 1 aromatic carbocycles. The van der Waals surface area contributed by atoms with Crippen LogP contribution in [0.4, 0.5) is 5.69 Å². The Morgan fingerprint density at radius 3 is 2.87 bits per heavy atom. The molecule has 2 aliphatic rings. The van der Waals surface area contributed by atoms with E-state index in [0.29, 0.717) is 22.5 Å². The van der Waals surface area contributed by atoms with E-state index < -0.39 is 5.25 Å². The van der Waals surface area contributed by atoms with Crippen LogP contribution in [0.15, 0.2) is 29.3 Å². The number of carbonyl (C=O) groups excluding carboxylic acids is 3. The molecule has 120 valence electrons. The smallest absolute Gasteiger partial charge is 0.240 e. The third-order valence-corrected chi connectivity index (χ3v) is 4.64. The molecule has 23 heavy (non-hydrogen) atoms. The predicted octanol–water partition coefficient (Wildman–Crippen LogP) is 1.97. The van der Waals surface area contributed by atoms with Crippen LogP contribution in [0, 0.1) is 0 Å². The summed E-state index contributed by atoms with van der Waals surface area (Å²) in [5, 5.41) is 5.61. The first-order valence-electron chi connectivity index (χ1n) is 7.47. The number of aliphatic imine (C=N–C) groups is 1. The standard InChI is InChI=1S/C16H17N3O3S/c1-9(20)10-3-2-4-12(7-10)17-14(21)8-13-15(22)19-16(23-13)18-11-5-6-11/h2-4,7,11,13H,5-6,8H2,1H3,(H,17,21)(H,18,19,22). The number of amides is 2. The first kappa shape index (κ1) is 15.7. The van der Waals surface area contributed by atoms with E-state index in [-0.39, 0.29) is 24.0 Å². The van der Waals surface area contributed by atoms with E-state index in [0.717, 1.165) is 12.8 Å². The van der Waals surface area contributed by atoms with Gasteiger partial charge in [-0.1, -0.05) is 23.9 Å². The summed E-state index contributed by atoms with van der Waals surface area (Å²) in [7, 11) is 0. The van der Waals surface area contributed by atoms with E-state index in [1.165, 1.54) is 18.7 Å². The summed E-state index contributed by atoms with van der Waals surface area (Å²) in [6, 6.07) is 7.08. The highest BCUT2D eigenvalue weighted by Gasteiger charge is 2.33. The number of carbonyl (C=O) groups is 3. The molecule has 3 rings (SSSR count). The minimum absolute atomic E-state index is 0.0623. The number of anilines is 1. The molecule has 0 bridgehead atoms. The monoisotopic (exact) mass is 331 g/mol. The van der Waals surface area contributed by atoms with Crippen LogP contribution in [-0.2, 0) is 9.59 Å². The lowest BCUT2D eigenvalue weighted by atomic mass is 10.1. The summed E-state index contributed by atoms with van der Waals surface area (Å²) in [4.78, 5) is 39.7. The Labute approximate surface area is 138 Å². The molecule has 0 aromatic heterocycles. The van der Waals surface area contributed by atoms with Crippen LogP contribution in [0.3, 0.4) is 0 Å². The topological polar surface area (TPSA) is 87.6 Å². The lowest BCUT2D eigenvalue weighted by molar-refractivity contribution is -0.122. The van der Waals surface area contributed by atoms with Crippen molar-refractivity contribution < 1.29 is 14.4 Å². The second-order valence-corrected chi connectivity index (χ2v) is 6.84. The predicted molar refractivity (Wildman–Crippen MR) is 89.7 cm³/mol. The summed E-state index contributed by atoms with van der Waals surface area (Å²) in [5.41, 5.74) is 1.09. The van der Waals surface area contributed by atoms with E-state index in [2.05, 4.69) is 15.6 Å². The van der Waals surface area contributed by atoms with Crippen LogP contribution in [0.1, 0.15) is 36.5 Å². The van der Waals surface area contributed by atoms with Crippen LogP contribution >= 0.6 is 11.8 Å². The Hall–Kier alpha value is -2.15. The third kappa shape index (κ3) is 4.19. The second kappa shape index (κ2) is 6.54. The third-order valence-electron chi connectivity index (χ3n) is 3.55. The van der Waals surface area contributed by atoms with Crippen LogP contribution in [0.5, 0.6) is 0 Å². The largest absolute Gasteiger partial charge is 0.326 e. The van der Waals surface area contributed by atoms with Crippen LogP contribution in [0.2, 0.25) is 0 Å². The number of ketones is 1. The normalized spacial score (nSPS) is 22.0. The average molecular weight is 331 g/mol. The fourth-order valence-corrected chi connectivity index (χ4v) is 3.21. The number of amidine groups is 1. The summed E-state index contributed by atoms with van der Waals surface area (Å²) in [6.45, 7) is 1.47. The van der Waals surface area contributed by atoms with Crippen molar-refractivity contribution in [1.29, 1.82) is 0 Å². The molecule has 1 unspecified atom stereocenters. The maximum absolute atomic E-state index is 12.1. The fraction of sp³-hybridized carbons (Fsp3) is 0.375. The summed E-state index contributed by atoms with van der Waals surface area (Å²) in [5.74, 6) is -0.499. The molecule has 6 nitrogen and oxygen atoms in total. The number of rotatable bonds is 5. The number of Topliss-reactive ketones (excluding diaryl/α,β-unsaturated/α-hetero) is 1. The zero-order valence-corrected chi connectivity index (χ0v) is 13.5. The minimum Gasteiger partial charge on any atom is -0.326 e.